The van der Waals surface area contributed by atoms with Gasteiger partial charge in [0.2, 0.25) is 0 Å². The number of hydroxylamine groups is 2. The Labute approximate surface area is 109 Å². The van der Waals surface area contributed by atoms with E-state index in [1.54, 1.807) is 0 Å². The van der Waals surface area contributed by atoms with Gasteiger partial charge in [-0.3, -0.25) is 0 Å². The molecule has 0 aromatic rings. The first-order valence-electron chi connectivity index (χ1n) is 6.41. The highest BCUT2D eigenvalue weighted by atomic mass is 16.5. The van der Waals surface area contributed by atoms with Crippen molar-refractivity contribution >= 4 is 0 Å². The molecule has 1 rings (SSSR count). The van der Waals surface area contributed by atoms with Gasteiger partial charge in [0.1, 0.15) is 0 Å². The lowest BCUT2D eigenvalue weighted by Crippen LogP contribution is -2.45. The van der Waals surface area contributed by atoms with Crippen LogP contribution < -0.4 is 0 Å². The molecule has 0 aromatic carbocycles. The van der Waals surface area contributed by atoms with Crippen LogP contribution in [0.5, 0.6) is 0 Å². The molecule has 1 fully saturated rings. The lowest BCUT2D eigenvalue weighted by Gasteiger charge is -2.34. The normalized spacial score (nSPS) is 22.4. The van der Waals surface area contributed by atoms with Crippen LogP contribution in [-0.2, 0) is 0 Å². The second kappa shape index (κ2) is 6.19. The SMILES string of the molecule is C.CC1(C)CCC(C)(C)N1O.CCC(C)(C)C. The minimum Gasteiger partial charge on any atom is -0.313 e. The van der Waals surface area contributed by atoms with Crippen LogP contribution in [0.4, 0.5) is 0 Å². The van der Waals surface area contributed by atoms with Gasteiger partial charge in [0, 0.05) is 11.1 Å². The number of hydrogen-bond donors (Lipinski definition) is 1. The predicted octanol–water partition coefficient (Wildman–Crippen LogP) is 5.11. The van der Waals surface area contributed by atoms with Gasteiger partial charge in [-0.1, -0.05) is 41.5 Å². The third-order valence-corrected chi connectivity index (χ3v) is 3.56. The van der Waals surface area contributed by atoms with E-state index in [-0.39, 0.29) is 18.5 Å². The Balaban J connectivity index is 0. The molecule has 106 valence electrons. The third-order valence-electron chi connectivity index (χ3n) is 3.56. The smallest absolute Gasteiger partial charge is 0.0411 e. The van der Waals surface area contributed by atoms with Crippen molar-refractivity contribution < 1.29 is 5.21 Å². The monoisotopic (exact) mass is 245 g/mol. The van der Waals surface area contributed by atoms with E-state index >= 15 is 0 Å². The van der Waals surface area contributed by atoms with Gasteiger partial charge in [-0.25, -0.2) is 0 Å². The average Bonchev–Trinajstić information content (AvgIpc) is 2.30. The van der Waals surface area contributed by atoms with E-state index in [1.807, 2.05) is 0 Å². The summed E-state index contributed by atoms with van der Waals surface area (Å²) in [4.78, 5) is 0. The van der Waals surface area contributed by atoms with Crippen LogP contribution >= 0.6 is 0 Å². The summed E-state index contributed by atoms with van der Waals surface area (Å²) in [6.45, 7) is 17.2. The Bertz CT molecular complexity index is 197. The molecule has 1 aliphatic rings. The van der Waals surface area contributed by atoms with Crippen molar-refractivity contribution in [2.75, 3.05) is 0 Å². The van der Waals surface area contributed by atoms with E-state index in [9.17, 15) is 5.21 Å². The highest BCUT2D eigenvalue weighted by Gasteiger charge is 2.43. The van der Waals surface area contributed by atoms with Crippen molar-refractivity contribution in [1.82, 2.24) is 5.06 Å². The standard InChI is InChI=1S/C8H17NO.C6H14.CH4/c1-7(2)5-6-8(3,4)9(7)10;1-5-6(2,3)4;/h10H,5-6H2,1-4H3;5H2,1-4H3;1H4. The Morgan fingerprint density at radius 1 is 1.00 bits per heavy atom. The van der Waals surface area contributed by atoms with Gasteiger partial charge >= 0.3 is 0 Å². The fourth-order valence-electron chi connectivity index (χ4n) is 1.64. The van der Waals surface area contributed by atoms with Gasteiger partial charge in [-0.05, 0) is 46.0 Å². The van der Waals surface area contributed by atoms with Crippen molar-refractivity contribution in [3.63, 3.8) is 0 Å². The maximum absolute atomic E-state index is 9.62. The summed E-state index contributed by atoms with van der Waals surface area (Å²) in [5.74, 6) is 0. The Kier molecular flexibility index (Phi) is 7.02. The van der Waals surface area contributed by atoms with Gasteiger partial charge in [0.05, 0.1) is 0 Å². The summed E-state index contributed by atoms with van der Waals surface area (Å²) in [5, 5.41) is 11.1. The zero-order chi connectivity index (χ0) is 13.2. The minimum atomic E-state index is -0.0243. The zero-order valence-corrected chi connectivity index (χ0v) is 12.5. The Morgan fingerprint density at radius 3 is 1.29 bits per heavy atom. The maximum atomic E-state index is 9.62. The van der Waals surface area contributed by atoms with Crippen LogP contribution in [0.15, 0.2) is 0 Å². The van der Waals surface area contributed by atoms with Crippen LogP contribution in [0.3, 0.4) is 0 Å². The number of hydrogen-bond acceptors (Lipinski definition) is 2. The highest BCUT2D eigenvalue weighted by molar-refractivity contribution is 4.95. The lowest BCUT2D eigenvalue weighted by molar-refractivity contribution is -0.191. The summed E-state index contributed by atoms with van der Waals surface area (Å²) in [6.07, 6.45) is 3.43. The van der Waals surface area contributed by atoms with Crippen LogP contribution in [0.25, 0.3) is 0 Å². The van der Waals surface area contributed by atoms with E-state index < -0.39 is 0 Å². The molecule has 0 radical (unpaired) electrons. The molecule has 2 heteroatoms. The van der Waals surface area contributed by atoms with Gasteiger partial charge in [0.15, 0.2) is 0 Å². The molecule has 0 spiro atoms. The molecule has 17 heavy (non-hydrogen) atoms. The molecule has 0 bridgehead atoms. The van der Waals surface area contributed by atoms with Crippen molar-refractivity contribution in [3.8, 4) is 0 Å². The molecule has 1 heterocycles. The van der Waals surface area contributed by atoms with E-state index in [0.29, 0.717) is 5.41 Å². The van der Waals surface area contributed by atoms with E-state index in [2.05, 4.69) is 55.4 Å². The lowest BCUT2D eigenvalue weighted by atomic mass is 9.94. The molecular weight excluding hydrogens is 210 g/mol. The van der Waals surface area contributed by atoms with Crippen LogP contribution in [0, 0.1) is 5.41 Å². The Morgan fingerprint density at radius 2 is 1.24 bits per heavy atom. The van der Waals surface area contributed by atoms with E-state index in [0.717, 1.165) is 12.8 Å². The van der Waals surface area contributed by atoms with Crippen LogP contribution in [0.2, 0.25) is 0 Å². The maximum Gasteiger partial charge on any atom is 0.0411 e. The molecule has 0 saturated carbocycles. The summed E-state index contributed by atoms with van der Waals surface area (Å²) in [7, 11) is 0. The summed E-state index contributed by atoms with van der Waals surface area (Å²) < 4.78 is 0. The van der Waals surface area contributed by atoms with E-state index in [4.69, 9.17) is 0 Å². The van der Waals surface area contributed by atoms with E-state index in [1.165, 1.54) is 11.5 Å². The van der Waals surface area contributed by atoms with Gasteiger partial charge < -0.3 is 5.21 Å². The first-order chi connectivity index (χ1) is 6.92. The van der Waals surface area contributed by atoms with Crippen molar-refractivity contribution in [1.29, 1.82) is 0 Å². The predicted molar refractivity (Wildman–Crippen MR) is 77.5 cm³/mol. The fourth-order valence-corrected chi connectivity index (χ4v) is 1.64. The number of nitrogens with zero attached hydrogens (tertiary/aromatic N) is 1. The third kappa shape index (κ3) is 6.42. The van der Waals surface area contributed by atoms with Crippen molar-refractivity contribution in [3.05, 3.63) is 0 Å². The van der Waals surface area contributed by atoms with Gasteiger partial charge in [0.25, 0.3) is 0 Å². The molecule has 1 N–H and O–H groups in total. The van der Waals surface area contributed by atoms with Crippen molar-refractivity contribution in [2.24, 2.45) is 5.41 Å². The molecule has 1 aliphatic heterocycles. The average molecular weight is 245 g/mol. The first-order valence-corrected chi connectivity index (χ1v) is 6.41. The molecule has 1 saturated heterocycles. The molecule has 0 unspecified atom stereocenters. The molecule has 0 atom stereocenters. The summed E-state index contributed by atoms with van der Waals surface area (Å²) in [5.41, 5.74) is 0.493. The topological polar surface area (TPSA) is 23.5 Å². The minimum absolute atomic E-state index is 0. The van der Waals surface area contributed by atoms with Crippen LogP contribution in [0.1, 0.15) is 82.1 Å². The zero-order valence-electron chi connectivity index (χ0n) is 12.5. The highest BCUT2D eigenvalue weighted by Crippen LogP contribution is 2.38. The first kappa shape index (κ1) is 19.3. The molecule has 0 aliphatic carbocycles. The summed E-state index contributed by atoms with van der Waals surface area (Å²) >= 11 is 0. The van der Waals surface area contributed by atoms with Gasteiger partial charge in [-0.2, -0.15) is 5.06 Å². The molecule has 2 nitrogen and oxygen atoms in total. The quantitative estimate of drug-likeness (QED) is 0.641. The fraction of sp³-hybridized carbons (Fsp3) is 1.00. The second-order valence-corrected chi connectivity index (χ2v) is 7.35. The second-order valence-electron chi connectivity index (χ2n) is 7.35. The largest absolute Gasteiger partial charge is 0.313 e. The molecule has 0 amide bonds. The summed E-state index contributed by atoms with van der Waals surface area (Å²) in [6, 6.07) is 0. The van der Waals surface area contributed by atoms with Crippen molar-refractivity contribution in [2.45, 2.75) is 93.2 Å². The number of rotatable bonds is 0. The van der Waals surface area contributed by atoms with Gasteiger partial charge in [-0.15, -0.1) is 0 Å². The Hall–Kier alpha value is -0.0800. The molecular formula is C15H35NO. The van der Waals surface area contributed by atoms with Crippen LogP contribution in [-0.4, -0.2) is 21.3 Å². The molecule has 0 aromatic heterocycles.